The summed E-state index contributed by atoms with van der Waals surface area (Å²) in [5.41, 5.74) is 0.143. The summed E-state index contributed by atoms with van der Waals surface area (Å²) >= 11 is 5.96. The molecule has 0 saturated heterocycles. The second kappa shape index (κ2) is 8.62. The van der Waals surface area contributed by atoms with E-state index in [9.17, 15) is 12.8 Å². The number of hydrogen-bond donors (Lipinski definition) is 0. The molecule has 0 amide bonds. The lowest BCUT2D eigenvalue weighted by Gasteiger charge is -2.24. The first-order chi connectivity index (χ1) is 11.8. The van der Waals surface area contributed by atoms with Crippen LogP contribution in [0.15, 0.2) is 48.5 Å². The average molecular weight is 387 g/mol. The number of likely N-dealkylation sites (N-methyl/N-ethyl adjacent to an activating group) is 1. The number of nitrogens with zero attached hydrogens (tertiary/aromatic N) is 2. The van der Waals surface area contributed by atoms with Crippen LogP contribution in [-0.4, -0.2) is 44.3 Å². The molecule has 0 radical (unpaired) electrons. The van der Waals surface area contributed by atoms with Crippen LogP contribution in [0.4, 0.5) is 4.39 Å². The zero-order valence-electron chi connectivity index (χ0n) is 14.0. The molecule has 2 aromatic rings. The average Bonchev–Trinajstić information content (AvgIpc) is 2.58. The predicted molar refractivity (Wildman–Crippen MR) is 96.4 cm³/mol. The van der Waals surface area contributed by atoms with Gasteiger partial charge in [0.15, 0.2) is 0 Å². The molecule has 0 atom stereocenters. The lowest BCUT2D eigenvalue weighted by atomic mass is 10.2. The highest BCUT2D eigenvalue weighted by Crippen LogP contribution is 2.21. The Morgan fingerprint density at radius 3 is 2.36 bits per heavy atom. The summed E-state index contributed by atoms with van der Waals surface area (Å²) in [6.07, 6.45) is 0. The van der Waals surface area contributed by atoms with Crippen molar-refractivity contribution in [3.05, 3.63) is 64.9 Å². The molecule has 5 nitrogen and oxygen atoms in total. The van der Waals surface area contributed by atoms with Crippen LogP contribution in [0.5, 0.6) is 5.75 Å². The molecule has 0 aliphatic rings. The molecule has 8 heteroatoms. The van der Waals surface area contributed by atoms with Gasteiger partial charge >= 0.3 is 0 Å². The van der Waals surface area contributed by atoms with E-state index < -0.39 is 16.0 Å². The zero-order valence-corrected chi connectivity index (χ0v) is 15.6. The first-order valence-electron chi connectivity index (χ1n) is 7.60. The number of para-hydroxylation sites is 1. The van der Waals surface area contributed by atoms with E-state index in [1.807, 2.05) is 18.2 Å². The summed E-state index contributed by atoms with van der Waals surface area (Å²) < 4.78 is 46.6. The van der Waals surface area contributed by atoms with Crippen LogP contribution >= 0.6 is 11.6 Å². The Morgan fingerprint density at radius 1 is 1.04 bits per heavy atom. The molecule has 0 saturated carbocycles. The van der Waals surface area contributed by atoms with Gasteiger partial charge in [0.1, 0.15) is 18.2 Å². The normalized spacial score (nSPS) is 11.9. The summed E-state index contributed by atoms with van der Waals surface area (Å²) in [4.78, 5) is 0. The molecule has 0 bridgehead atoms. The van der Waals surface area contributed by atoms with Gasteiger partial charge in [-0.3, -0.25) is 0 Å². The highest BCUT2D eigenvalue weighted by Gasteiger charge is 2.25. The molecule has 0 aliphatic heterocycles. The number of halogens is 2. The Labute approximate surface area is 152 Å². The summed E-state index contributed by atoms with van der Waals surface area (Å²) in [6.45, 7) is 0.207. The highest BCUT2D eigenvalue weighted by atomic mass is 35.5. The van der Waals surface area contributed by atoms with Crippen molar-refractivity contribution in [2.75, 3.05) is 27.2 Å². The minimum atomic E-state index is -3.76. The molecule has 0 heterocycles. The number of rotatable bonds is 8. The van der Waals surface area contributed by atoms with Gasteiger partial charge in [-0.15, -0.1) is 0 Å². The Hall–Kier alpha value is -1.67. The molecule has 0 fully saturated rings. The third-order valence-electron chi connectivity index (χ3n) is 3.65. The standard InChI is InChI=1S/C17H20ClFN2O3S/c1-20(11-12-24-14-7-4-3-5-8-14)25(22,23)21(2)13-15-16(18)9-6-10-17(15)19/h3-10H,11-13H2,1-2H3. The van der Waals surface area contributed by atoms with E-state index in [2.05, 4.69) is 0 Å². The fourth-order valence-corrected chi connectivity index (χ4v) is 3.45. The second-order valence-corrected chi connectivity index (χ2v) is 8.00. The van der Waals surface area contributed by atoms with E-state index in [4.69, 9.17) is 16.3 Å². The summed E-state index contributed by atoms with van der Waals surface area (Å²) in [6, 6.07) is 13.4. The minimum Gasteiger partial charge on any atom is -0.492 e. The van der Waals surface area contributed by atoms with Crippen molar-refractivity contribution < 1.29 is 17.5 Å². The third kappa shape index (κ3) is 5.15. The van der Waals surface area contributed by atoms with Crippen molar-refractivity contribution >= 4 is 21.8 Å². The van der Waals surface area contributed by atoms with Gasteiger partial charge < -0.3 is 4.74 Å². The Kier molecular flexibility index (Phi) is 6.78. The molecular formula is C17H20ClFN2O3S. The van der Waals surface area contributed by atoms with E-state index >= 15 is 0 Å². The van der Waals surface area contributed by atoms with Gasteiger partial charge in [0.25, 0.3) is 10.2 Å². The Balaban J connectivity index is 1.96. The van der Waals surface area contributed by atoms with Crippen molar-refractivity contribution in [2.45, 2.75) is 6.54 Å². The lowest BCUT2D eigenvalue weighted by Crippen LogP contribution is -2.41. The van der Waals surface area contributed by atoms with Gasteiger partial charge in [0.2, 0.25) is 0 Å². The molecule has 2 rings (SSSR count). The quantitative estimate of drug-likeness (QED) is 0.700. The van der Waals surface area contributed by atoms with Crippen LogP contribution in [0, 0.1) is 5.82 Å². The van der Waals surface area contributed by atoms with Crippen LogP contribution in [0.1, 0.15) is 5.56 Å². The van der Waals surface area contributed by atoms with Crippen LogP contribution in [0.3, 0.4) is 0 Å². The summed E-state index contributed by atoms with van der Waals surface area (Å²) in [5, 5.41) is 0.192. The molecular weight excluding hydrogens is 367 g/mol. The molecule has 25 heavy (non-hydrogen) atoms. The van der Waals surface area contributed by atoms with Crippen molar-refractivity contribution in [2.24, 2.45) is 0 Å². The lowest BCUT2D eigenvalue weighted by molar-refractivity contribution is 0.278. The number of ether oxygens (including phenoxy) is 1. The van der Waals surface area contributed by atoms with Gasteiger partial charge in [-0.2, -0.15) is 17.0 Å². The first-order valence-corrected chi connectivity index (χ1v) is 9.38. The van der Waals surface area contributed by atoms with Crippen LogP contribution in [0.25, 0.3) is 0 Å². The number of benzene rings is 2. The monoisotopic (exact) mass is 386 g/mol. The maximum absolute atomic E-state index is 13.9. The van der Waals surface area contributed by atoms with E-state index in [-0.39, 0.29) is 30.3 Å². The number of hydrogen-bond acceptors (Lipinski definition) is 3. The first kappa shape index (κ1) is 19.7. The largest absolute Gasteiger partial charge is 0.492 e. The van der Waals surface area contributed by atoms with Gasteiger partial charge in [-0.25, -0.2) is 4.39 Å². The summed E-state index contributed by atoms with van der Waals surface area (Å²) in [5.74, 6) is 0.129. The fourth-order valence-electron chi connectivity index (χ4n) is 2.15. The van der Waals surface area contributed by atoms with E-state index in [1.54, 1.807) is 12.1 Å². The van der Waals surface area contributed by atoms with Crippen molar-refractivity contribution in [1.29, 1.82) is 0 Å². The summed E-state index contributed by atoms with van der Waals surface area (Å²) in [7, 11) is -0.935. The molecule has 136 valence electrons. The minimum absolute atomic E-state index is 0.143. The smallest absolute Gasteiger partial charge is 0.281 e. The van der Waals surface area contributed by atoms with Gasteiger partial charge in [-0.1, -0.05) is 35.9 Å². The fraction of sp³-hybridized carbons (Fsp3) is 0.294. The predicted octanol–water partition coefficient (Wildman–Crippen LogP) is 3.17. The molecule has 0 aromatic heterocycles. The van der Waals surface area contributed by atoms with E-state index in [1.165, 1.54) is 32.3 Å². The van der Waals surface area contributed by atoms with Gasteiger partial charge in [-0.05, 0) is 24.3 Å². The maximum Gasteiger partial charge on any atom is 0.281 e. The van der Waals surface area contributed by atoms with Crippen molar-refractivity contribution in [1.82, 2.24) is 8.61 Å². The Morgan fingerprint density at radius 2 is 1.72 bits per heavy atom. The molecule has 0 N–H and O–H groups in total. The van der Waals surface area contributed by atoms with Crippen molar-refractivity contribution in [3.8, 4) is 5.75 Å². The van der Waals surface area contributed by atoms with E-state index in [0.717, 1.165) is 8.61 Å². The SMILES string of the molecule is CN(CCOc1ccccc1)S(=O)(=O)N(C)Cc1c(F)cccc1Cl. The zero-order chi connectivity index (χ0) is 18.4. The van der Waals surface area contributed by atoms with Crippen LogP contribution in [0.2, 0.25) is 5.02 Å². The molecule has 2 aromatic carbocycles. The maximum atomic E-state index is 13.9. The molecule has 0 unspecified atom stereocenters. The van der Waals surface area contributed by atoms with Crippen LogP contribution in [-0.2, 0) is 16.8 Å². The van der Waals surface area contributed by atoms with E-state index in [0.29, 0.717) is 5.75 Å². The Bertz CT molecular complexity index is 783. The molecule has 0 aliphatic carbocycles. The third-order valence-corrected chi connectivity index (χ3v) is 5.89. The van der Waals surface area contributed by atoms with Crippen LogP contribution < -0.4 is 4.74 Å². The van der Waals surface area contributed by atoms with Gasteiger partial charge in [0, 0.05) is 37.8 Å². The topological polar surface area (TPSA) is 49.9 Å². The molecule has 0 spiro atoms. The second-order valence-electron chi connectivity index (χ2n) is 5.45. The highest BCUT2D eigenvalue weighted by molar-refractivity contribution is 7.86. The van der Waals surface area contributed by atoms with Crippen molar-refractivity contribution in [3.63, 3.8) is 0 Å². The van der Waals surface area contributed by atoms with Gasteiger partial charge in [0.05, 0.1) is 0 Å².